The summed E-state index contributed by atoms with van der Waals surface area (Å²) in [5.41, 5.74) is 4.22. The lowest BCUT2D eigenvalue weighted by Gasteiger charge is -2.09. The molecule has 3 amide bonds. The number of thiazole rings is 1. The number of rotatable bonds is 4. The molecule has 5 aromatic rings. The Labute approximate surface area is 192 Å². The average Bonchev–Trinajstić information content (AvgIpc) is 3.52. The second kappa shape index (κ2) is 7.56. The fraction of sp³-hybridized carbons (Fsp3) is 0.167. The fourth-order valence-electron chi connectivity index (χ4n) is 4.46. The molecule has 0 aliphatic carbocycles. The van der Waals surface area contributed by atoms with Gasteiger partial charge in [-0.25, -0.2) is 14.8 Å². The molecular weight excluding hydrogens is 436 g/mol. The molecule has 4 heterocycles. The van der Waals surface area contributed by atoms with Crippen molar-refractivity contribution in [3.05, 3.63) is 65.4 Å². The maximum atomic E-state index is 13.1. The van der Waals surface area contributed by atoms with Crippen LogP contribution in [-0.2, 0) is 11.2 Å². The van der Waals surface area contributed by atoms with Gasteiger partial charge in [-0.05, 0) is 19.1 Å². The number of benzene rings is 2. The van der Waals surface area contributed by atoms with E-state index in [-0.39, 0.29) is 18.4 Å². The third kappa shape index (κ3) is 3.20. The van der Waals surface area contributed by atoms with Gasteiger partial charge in [-0.3, -0.25) is 14.1 Å². The molecule has 9 heteroatoms. The number of nitrogens with one attached hydrogen (secondary N) is 2. The van der Waals surface area contributed by atoms with Crippen LogP contribution in [0.3, 0.4) is 0 Å². The second-order valence-electron chi connectivity index (χ2n) is 7.98. The number of amides is 3. The Hall–Kier alpha value is -3.98. The zero-order valence-electron chi connectivity index (χ0n) is 17.8. The lowest BCUT2D eigenvalue weighted by molar-refractivity contribution is -0.115. The highest BCUT2D eigenvalue weighted by Gasteiger charge is 2.24. The van der Waals surface area contributed by atoms with Crippen LogP contribution in [0.2, 0.25) is 0 Å². The Balaban J connectivity index is 1.39. The highest BCUT2D eigenvalue weighted by molar-refractivity contribution is 7.14. The first-order valence-electron chi connectivity index (χ1n) is 10.7. The predicted molar refractivity (Wildman–Crippen MR) is 130 cm³/mol. The molecule has 0 bridgehead atoms. The average molecular weight is 457 g/mol. The smallest absolute Gasteiger partial charge is 0.323 e. The summed E-state index contributed by atoms with van der Waals surface area (Å²) in [6, 6.07) is 15.8. The van der Waals surface area contributed by atoms with Gasteiger partial charge in [-0.2, -0.15) is 0 Å². The number of hydrogen-bond donors (Lipinski definition) is 2. The Morgan fingerprint density at radius 1 is 1.12 bits per heavy atom. The predicted octanol–water partition coefficient (Wildman–Crippen LogP) is 4.12. The Bertz CT molecular complexity index is 1570. The van der Waals surface area contributed by atoms with E-state index < -0.39 is 0 Å². The van der Waals surface area contributed by atoms with Gasteiger partial charge in [0.2, 0.25) is 5.91 Å². The number of urea groups is 1. The largest absolute Gasteiger partial charge is 0.336 e. The van der Waals surface area contributed by atoms with Crippen LogP contribution in [0.25, 0.3) is 27.3 Å². The number of anilines is 2. The summed E-state index contributed by atoms with van der Waals surface area (Å²) in [5.74, 6) is 0.697. The molecule has 33 heavy (non-hydrogen) atoms. The van der Waals surface area contributed by atoms with Crippen molar-refractivity contribution in [2.75, 3.05) is 23.3 Å². The van der Waals surface area contributed by atoms with Crippen molar-refractivity contribution in [1.29, 1.82) is 0 Å². The SMILES string of the molecule is Cc1nc2ccccc2c2c(NC(=O)Cc3csc(N4CCNC4=O)n3)c3ccccc3n12. The van der Waals surface area contributed by atoms with Gasteiger partial charge in [0.15, 0.2) is 5.13 Å². The van der Waals surface area contributed by atoms with Gasteiger partial charge >= 0.3 is 6.03 Å². The van der Waals surface area contributed by atoms with E-state index in [0.29, 0.717) is 23.9 Å². The van der Waals surface area contributed by atoms with Crippen molar-refractivity contribution in [3.8, 4) is 0 Å². The molecule has 0 spiro atoms. The molecule has 1 fully saturated rings. The van der Waals surface area contributed by atoms with E-state index in [9.17, 15) is 9.59 Å². The number of carbonyl (C=O) groups excluding carboxylic acids is 2. The minimum atomic E-state index is -0.158. The topological polar surface area (TPSA) is 91.6 Å². The van der Waals surface area contributed by atoms with E-state index in [1.165, 1.54) is 11.3 Å². The summed E-state index contributed by atoms with van der Waals surface area (Å²) < 4.78 is 2.10. The van der Waals surface area contributed by atoms with Crippen molar-refractivity contribution in [2.45, 2.75) is 13.3 Å². The molecular formula is C24H20N6O2S. The number of fused-ring (bicyclic) bond motifs is 5. The van der Waals surface area contributed by atoms with Crippen LogP contribution < -0.4 is 15.5 Å². The molecule has 0 unspecified atom stereocenters. The molecule has 164 valence electrons. The Kier molecular flexibility index (Phi) is 4.51. The van der Waals surface area contributed by atoms with Gasteiger partial charge < -0.3 is 10.6 Å². The van der Waals surface area contributed by atoms with E-state index in [0.717, 1.165) is 38.8 Å². The maximum absolute atomic E-state index is 13.1. The lowest BCUT2D eigenvalue weighted by atomic mass is 10.1. The number of para-hydroxylation sites is 2. The Morgan fingerprint density at radius 3 is 2.73 bits per heavy atom. The first-order valence-corrected chi connectivity index (χ1v) is 11.6. The molecule has 2 aromatic carbocycles. The number of carbonyl (C=O) groups is 2. The van der Waals surface area contributed by atoms with Gasteiger partial charge in [0.25, 0.3) is 0 Å². The summed E-state index contributed by atoms with van der Waals surface area (Å²) in [6.07, 6.45) is 0.125. The summed E-state index contributed by atoms with van der Waals surface area (Å²) in [5, 5.41) is 10.3. The van der Waals surface area contributed by atoms with Gasteiger partial charge in [-0.15, -0.1) is 11.3 Å². The highest BCUT2D eigenvalue weighted by atomic mass is 32.1. The molecule has 1 aliphatic heterocycles. The quantitative estimate of drug-likeness (QED) is 0.426. The molecule has 2 N–H and O–H groups in total. The van der Waals surface area contributed by atoms with Gasteiger partial charge in [-0.1, -0.05) is 36.4 Å². The van der Waals surface area contributed by atoms with Crippen LogP contribution in [0.1, 0.15) is 11.5 Å². The summed E-state index contributed by atoms with van der Waals surface area (Å²) in [7, 11) is 0. The molecule has 1 aliphatic rings. The molecule has 6 rings (SSSR count). The van der Waals surface area contributed by atoms with E-state index in [1.807, 2.05) is 60.8 Å². The van der Waals surface area contributed by atoms with E-state index in [2.05, 4.69) is 20.0 Å². The lowest BCUT2D eigenvalue weighted by Crippen LogP contribution is -2.27. The van der Waals surface area contributed by atoms with Crippen molar-refractivity contribution < 1.29 is 9.59 Å². The minimum absolute atomic E-state index is 0.125. The summed E-state index contributed by atoms with van der Waals surface area (Å²) >= 11 is 1.37. The number of aryl methyl sites for hydroxylation is 1. The van der Waals surface area contributed by atoms with Crippen LogP contribution in [0.5, 0.6) is 0 Å². The fourth-order valence-corrected chi connectivity index (χ4v) is 5.31. The van der Waals surface area contributed by atoms with E-state index in [1.54, 1.807) is 4.90 Å². The standard InChI is InChI=1S/C24H20N6O2S/c1-14-26-18-8-4-2-6-16(18)22-21(17-7-3-5-9-19(17)30(14)22)28-20(31)12-15-13-33-24(27-15)29-11-10-25-23(29)32/h2-9,13H,10-12H2,1H3,(H,25,32)(H,28,31). The number of aromatic nitrogens is 3. The highest BCUT2D eigenvalue weighted by Crippen LogP contribution is 2.36. The van der Waals surface area contributed by atoms with E-state index >= 15 is 0 Å². The van der Waals surface area contributed by atoms with Gasteiger partial charge in [0.1, 0.15) is 5.82 Å². The third-order valence-electron chi connectivity index (χ3n) is 5.87. The van der Waals surface area contributed by atoms with Crippen molar-refractivity contribution in [3.63, 3.8) is 0 Å². The summed E-state index contributed by atoms with van der Waals surface area (Å²) in [4.78, 5) is 35.9. The van der Waals surface area contributed by atoms with Crippen LogP contribution in [0.4, 0.5) is 15.6 Å². The normalized spacial score (nSPS) is 13.8. The molecule has 0 radical (unpaired) electrons. The van der Waals surface area contributed by atoms with E-state index in [4.69, 9.17) is 4.98 Å². The number of hydrogen-bond acceptors (Lipinski definition) is 5. The van der Waals surface area contributed by atoms with Crippen molar-refractivity contribution >= 4 is 61.4 Å². The maximum Gasteiger partial charge on any atom is 0.323 e. The second-order valence-corrected chi connectivity index (χ2v) is 8.82. The minimum Gasteiger partial charge on any atom is -0.336 e. The molecule has 0 atom stereocenters. The third-order valence-corrected chi connectivity index (χ3v) is 6.79. The zero-order chi connectivity index (χ0) is 22.5. The first-order chi connectivity index (χ1) is 16.1. The first kappa shape index (κ1) is 19.7. The number of nitrogens with zero attached hydrogens (tertiary/aromatic N) is 4. The molecule has 1 saturated heterocycles. The zero-order valence-corrected chi connectivity index (χ0v) is 18.6. The summed E-state index contributed by atoms with van der Waals surface area (Å²) in [6.45, 7) is 3.16. The van der Waals surface area contributed by atoms with Crippen molar-refractivity contribution in [1.82, 2.24) is 19.7 Å². The van der Waals surface area contributed by atoms with Crippen LogP contribution >= 0.6 is 11.3 Å². The molecule has 3 aromatic heterocycles. The monoisotopic (exact) mass is 456 g/mol. The van der Waals surface area contributed by atoms with Gasteiger partial charge in [0, 0.05) is 29.2 Å². The van der Waals surface area contributed by atoms with Crippen molar-refractivity contribution in [2.24, 2.45) is 0 Å². The van der Waals surface area contributed by atoms with Crippen LogP contribution in [0.15, 0.2) is 53.9 Å². The van der Waals surface area contributed by atoms with Gasteiger partial charge in [0.05, 0.1) is 34.4 Å². The Morgan fingerprint density at radius 2 is 1.91 bits per heavy atom. The molecule has 8 nitrogen and oxygen atoms in total. The molecule has 0 saturated carbocycles. The van der Waals surface area contributed by atoms with Crippen LogP contribution in [0, 0.1) is 6.92 Å². The van der Waals surface area contributed by atoms with Crippen LogP contribution in [-0.4, -0.2) is 39.4 Å².